The van der Waals surface area contributed by atoms with Crippen molar-refractivity contribution < 1.29 is 23.5 Å². The van der Waals surface area contributed by atoms with Gasteiger partial charge in [0.2, 0.25) is 0 Å². The van der Waals surface area contributed by atoms with Gasteiger partial charge >= 0.3 is 15.1 Å². The molecule has 2 N–H and O–H groups in total. The van der Waals surface area contributed by atoms with Crippen molar-refractivity contribution >= 4 is 9.17 Å². The lowest BCUT2D eigenvalue weighted by Crippen LogP contribution is -2.51. The molecular weight excluding hydrogens is 156 g/mol. The molecule has 0 radical (unpaired) electrons. The maximum Gasteiger partial charge on any atom is 0.778 e. The van der Waals surface area contributed by atoms with E-state index in [9.17, 15) is 4.46 Å². The molecule has 1 aliphatic heterocycles. The summed E-state index contributed by atoms with van der Waals surface area (Å²) >= 11 is 0. The van der Waals surface area contributed by atoms with Crippen LogP contribution in [0.1, 0.15) is 0 Å². The maximum atomic E-state index is 10.1. The lowest BCUT2D eigenvalue weighted by atomic mass is 10.5. The fraction of sp³-hybridized carbons (Fsp3) is 0.500. The zero-order chi connectivity index (χ0) is 7.61. The zero-order valence-electron chi connectivity index (χ0n) is 4.83. The molecule has 54 valence electrons. The van der Waals surface area contributed by atoms with Gasteiger partial charge in [-0.2, -0.15) is 0 Å². The van der Waals surface area contributed by atoms with E-state index >= 15 is 0 Å². The van der Waals surface area contributed by atoms with Crippen molar-refractivity contribution in [2.75, 3.05) is 6.61 Å². The van der Waals surface area contributed by atoms with Crippen molar-refractivity contribution in [1.29, 1.82) is 0 Å². The normalized spacial score (nSPS) is 19.2. The number of aliphatic hydroxyl groups is 2. The van der Waals surface area contributed by atoms with Gasteiger partial charge < -0.3 is 19.1 Å². The van der Waals surface area contributed by atoms with Gasteiger partial charge in [0, 0.05) is 5.92 Å². The summed E-state index contributed by atoms with van der Waals surface area (Å²) in [7, 11) is -2.51. The van der Waals surface area contributed by atoms with Gasteiger partial charge in [-0.05, 0) is 0 Å². The smallest absolute Gasteiger partial charge is 0.425 e. The topological polar surface area (TPSA) is 76.0 Å². The molecule has 5 nitrogen and oxygen atoms in total. The summed E-state index contributed by atoms with van der Waals surface area (Å²) in [5.41, 5.74) is 0. The molecule has 1 fully saturated rings. The Morgan fingerprint density at radius 2 is 2.20 bits per heavy atom. The Balaban J connectivity index is 2.49. The molecule has 0 aromatic carbocycles. The van der Waals surface area contributed by atoms with Gasteiger partial charge in [-0.1, -0.05) is 5.92 Å². The molecule has 0 unspecified atom stereocenters. The molecule has 10 heavy (non-hydrogen) atoms. The Bertz CT molecular complexity index is 205. The summed E-state index contributed by atoms with van der Waals surface area (Å²) < 4.78 is 18.6. The van der Waals surface area contributed by atoms with Gasteiger partial charge in [-0.3, -0.25) is 4.46 Å². The zero-order valence-corrected chi connectivity index (χ0v) is 5.83. The van der Waals surface area contributed by atoms with Gasteiger partial charge in [0.25, 0.3) is 0 Å². The quantitative estimate of drug-likeness (QED) is 0.319. The second kappa shape index (κ2) is 2.38. The molecule has 0 spiro atoms. The maximum absolute atomic E-state index is 10.1. The van der Waals surface area contributed by atoms with Crippen LogP contribution in [-0.4, -0.2) is 32.0 Å². The highest BCUT2D eigenvalue weighted by molar-refractivity contribution is 6.29. The second-order valence-corrected chi connectivity index (χ2v) is 2.40. The van der Waals surface area contributed by atoms with E-state index in [1.54, 1.807) is 0 Å². The van der Waals surface area contributed by atoms with Gasteiger partial charge in [-0.15, -0.1) is 0 Å². The van der Waals surface area contributed by atoms with E-state index in [1.807, 2.05) is 5.92 Å². The van der Waals surface area contributed by atoms with Gasteiger partial charge in [0.15, 0.2) is 0 Å². The number of hydrogen-bond donors (Lipinski definition) is 2. The van der Waals surface area contributed by atoms with E-state index in [0.29, 0.717) is 0 Å². The third kappa shape index (κ3) is 1.33. The van der Waals surface area contributed by atoms with Crippen LogP contribution in [0.2, 0.25) is 0 Å². The first-order valence-electron chi connectivity index (χ1n) is 2.41. The number of hydrogen-bond acceptors (Lipinski definition) is 5. The van der Waals surface area contributed by atoms with Crippen LogP contribution < -0.4 is 0 Å². The van der Waals surface area contributed by atoms with Crippen molar-refractivity contribution in [3.63, 3.8) is 0 Å². The third-order valence-corrected chi connectivity index (χ3v) is 1.66. The van der Waals surface area contributed by atoms with Crippen LogP contribution in [0, 0.1) is 11.8 Å². The minimum absolute atomic E-state index is 0.407. The van der Waals surface area contributed by atoms with Gasteiger partial charge in [-0.25, -0.2) is 0 Å². The van der Waals surface area contributed by atoms with E-state index in [2.05, 4.69) is 14.8 Å². The highest BCUT2D eigenvalue weighted by Gasteiger charge is 2.48. The van der Waals surface area contributed by atoms with E-state index in [1.165, 1.54) is 0 Å². The van der Waals surface area contributed by atoms with Crippen LogP contribution >= 0.6 is 0 Å². The SMILES string of the molecule is O=[Si]1OC(O)(C#CCO)O1. The minimum Gasteiger partial charge on any atom is -0.425 e. The second-order valence-electron chi connectivity index (χ2n) is 1.50. The van der Waals surface area contributed by atoms with Crippen LogP contribution in [0.4, 0.5) is 0 Å². The summed E-state index contributed by atoms with van der Waals surface area (Å²) in [6.45, 7) is -0.407. The molecule has 1 saturated heterocycles. The molecule has 0 aromatic heterocycles. The van der Waals surface area contributed by atoms with Crippen LogP contribution in [-0.2, 0) is 13.3 Å². The van der Waals surface area contributed by atoms with Crippen LogP contribution in [0.3, 0.4) is 0 Å². The largest absolute Gasteiger partial charge is 0.778 e. The van der Waals surface area contributed by atoms with E-state index < -0.39 is 21.8 Å². The lowest BCUT2D eigenvalue weighted by Gasteiger charge is -2.29. The summed E-state index contributed by atoms with van der Waals surface area (Å²) in [6, 6.07) is 0. The van der Waals surface area contributed by atoms with Crippen LogP contribution in [0.15, 0.2) is 0 Å². The van der Waals surface area contributed by atoms with Gasteiger partial charge in [0.1, 0.15) is 6.61 Å². The monoisotopic (exact) mass is 160 g/mol. The van der Waals surface area contributed by atoms with E-state index in [0.717, 1.165) is 0 Å². The first-order valence-corrected chi connectivity index (χ1v) is 3.64. The van der Waals surface area contributed by atoms with E-state index in [-0.39, 0.29) is 0 Å². The van der Waals surface area contributed by atoms with Crippen LogP contribution in [0.5, 0.6) is 0 Å². The summed E-state index contributed by atoms with van der Waals surface area (Å²) in [6.07, 6.45) is 0. The summed E-state index contributed by atoms with van der Waals surface area (Å²) in [5.74, 6) is 2.06. The predicted molar refractivity (Wildman–Crippen MR) is 28.4 cm³/mol. The Hall–Kier alpha value is -0.903. The predicted octanol–water partition coefficient (Wildman–Crippen LogP) is -1.91. The fourth-order valence-electron chi connectivity index (χ4n) is 0.436. The fourth-order valence-corrected chi connectivity index (χ4v) is 1.00. The highest BCUT2D eigenvalue weighted by Crippen LogP contribution is 2.17. The molecule has 1 aliphatic rings. The first kappa shape index (κ1) is 7.21. The molecule has 6 heteroatoms. The number of rotatable bonds is 0. The molecule has 0 saturated carbocycles. The van der Waals surface area contributed by atoms with Crippen molar-refractivity contribution in [1.82, 2.24) is 0 Å². The van der Waals surface area contributed by atoms with Crippen molar-refractivity contribution in [3.8, 4) is 11.8 Å². The Labute approximate surface area is 58.1 Å². The molecule has 0 atom stereocenters. The van der Waals surface area contributed by atoms with Crippen molar-refractivity contribution in [2.45, 2.75) is 5.97 Å². The van der Waals surface area contributed by atoms with Crippen molar-refractivity contribution in [2.24, 2.45) is 0 Å². The minimum atomic E-state index is -2.51. The lowest BCUT2D eigenvalue weighted by molar-refractivity contribution is -0.312. The Kier molecular flexibility index (Phi) is 1.71. The standard InChI is InChI=1S/C4H4O5Si/c5-3-1-2-4(6)8-10(7)9-4/h5-6H,3H2. The third-order valence-electron chi connectivity index (χ3n) is 0.769. The molecule has 1 heterocycles. The average molecular weight is 160 g/mol. The Morgan fingerprint density at radius 1 is 1.60 bits per heavy atom. The number of aliphatic hydroxyl groups excluding tert-OH is 1. The molecule has 1 rings (SSSR count). The summed E-state index contributed by atoms with van der Waals surface area (Å²) in [5, 5.41) is 17.0. The molecule has 0 aliphatic carbocycles. The van der Waals surface area contributed by atoms with Crippen molar-refractivity contribution in [3.05, 3.63) is 0 Å². The Morgan fingerprint density at radius 3 is 2.60 bits per heavy atom. The molecular formula is C4H4O5Si. The van der Waals surface area contributed by atoms with Gasteiger partial charge in [0.05, 0.1) is 0 Å². The summed E-state index contributed by atoms with van der Waals surface area (Å²) in [4.78, 5) is 0. The molecule has 0 amide bonds. The first-order chi connectivity index (χ1) is 4.66. The molecule has 0 aromatic rings. The highest BCUT2D eigenvalue weighted by atomic mass is 28.3. The van der Waals surface area contributed by atoms with E-state index in [4.69, 9.17) is 10.2 Å². The molecule has 0 bridgehead atoms. The average Bonchev–Trinajstić information content (AvgIpc) is 1.81. The van der Waals surface area contributed by atoms with Crippen LogP contribution in [0.25, 0.3) is 0 Å².